The first-order valence-corrected chi connectivity index (χ1v) is 8.53. The van der Waals surface area contributed by atoms with E-state index in [-0.39, 0.29) is 11.8 Å². The van der Waals surface area contributed by atoms with Crippen LogP contribution in [0.3, 0.4) is 0 Å². The topological polar surface area (TPSA) is 72.1 Å². The molecule has 0 radical (unpaired) electrons. The molecule has 0 saturated carbocycles. The molecule has 0 saturated heterocycles. The van der Waals surface area contributed by atoms with E-state index in [0.717, 1.165) is 5.56 Å². The average Bonchev–Trinajstić information content (AvgIpc) is 2.68. The van der Waals surface area contributed by atoms with Crippen molar-refractivity contribution >= 4 is 11.7 Å². The van der Waals surface area contributed by atoms with Crippen molar-refractivity contribution in [3.63, 3.8) is 0 Å². The summed E-state index contributed by atoms with van der Waals surface area (Å²) in [6.45, 7) is 2.77. The zero-order valence-corrected chi connectivity index (χ0v) is 15.0. The van der Waals surface area contributed by atoms with Gasteiger partial charge in [-0.25, -0.2) is 4.98 Å². The summed E-state index contributed by atoms with van der Waals surface area (Å²) in [5, 5.41) is 0. The monoisotopic (exact) mass is 346 g/mol. The van der Waals surface area contributed by atoms with Gasteiger partial charge in [-0.15, -0.1) is 0 Å². The maximum atomic E-state index is 12.8. The van der Waals surface area contributed by atoms with Crippen LogP contribution in [-0.2, 0) is 0 Å². The zero-order valence-electron chi connectivity index (χ0n) is 15.0. The molecule has 0 aliphatic carbocycles. The number of nitrogens with zero attached hydrogens (tertiary/aromatic N) is 3. The highest BCUT2D eigenvalue weighted by molar-refractivity contribution is 5.95. The summed E-state index contributed by atoms with van der Waals surface area (Å²) in [4.78, 5) is 22.9. The molecule has 5 nitrogen and oxygen atoms in total. The van der Waals surface area contributed by atoms with Crippen molar-refractivity contribution in [3.05, 3.63) is 78.1 Å². The van der Waals surface area contributed by atoms with Crippen LogP contribution in [0.4, 0.5) is 5.82 Å². The Balaban J connectivity index is 1.75. The second-order valence-corrected chi connectivity index (χ2v) is 6.40. The lowest BCUT2D eigenvalue weighted by Gasteiger charge is -2.22. The van der Waals surface area contributed by atoms with E-state index < -0.39 is 0 Å². The van der Waals surface area contributed by atoms with Crippen molar-refractivity contribution in [2.45, 2.75) is 12.8 Å². The number of hydrogen-bond donors (Lipinski definition) is 1. The van der Waals surface area contributed by atoms with Gasteiger partial charge in [-0.1, -0.05) is 49.4 Å². The van der Waals surface area contributed by atoms with Crippen LogP contribution in [0.15, 0.2) is 67.0 Å². The Hall–Kier alpha value is -3.21. The van der Waals surface area contributed by atoms with Gasteiger partial charge in [0.25, 0.3) is 5.91 Å². The first-order chi connectivity index (χ1) is 12.5. The smallest absolute Gasteiger partial charge is 0.253 e. The lowest BCUT2D eigenvalue weighted by molar-refractivity contribution is 0.0788. The van der Waals surface area contributed by atoms with Crippen LogP contribution in [0.1, 0.15) is 28.8 Å². The van der Waals surface area contributed by atoms with Crippen molar-refractivity contribution in [2.75, 3.05) is 19.3 Å². The van der Waals surface area contributed by atoms with E-state index >= 15 is 0 Å². The third-order valence-electron chi connectivity index (χ3n) is 4.34. The minimum Gasteiger partial charge on any atom is -0.382 e. The molecule has 26 heavy (non-hydrogen) atoms. The highest BCUT2D eigenvalue weighted by atomic mass is 16.2. The highest BCUT2D eigenvalue weighted by Crippen LogP contribution is 2.20. The van der Waals surface area contributed by atoms with E-state index in [0.29, 0.717) is 23.6 Å². The molecular formula is C21H22N4O. The fraction of sp³-hybridized carbons (Fsp3) is 0.190. The van der Waals surface area contributed by atoms with Crippen molar-refractivity contribution in [1.82, 2.24) is 14.9 Å². The first-order valence-electron chi connectivity index (χ1n) is 8.53. The summed E-state index contributed by atoms with van der Waals surface area (Å²) < 4.78 is 0. The number of nitrogens with two attached hydrogens (primary N) is 1. The summed E-state index contributed by atoms with van der Waals surface area (Å²) >= 11 is 0. The zero-order chi connectivity index (χ0) is 18.5. The molecule has 1 atom stereocenters. The lowest BCUT2D eigenvalue weighted by Crippen LogP contribution is -2.30. The van der Waals surface area contributed by atoms with Crippen LogP contribution in [-0.4, -0.2) is 34.4 Å². The predicted molar refractivity (Wildman–Crippen MR) is 104 cm³/mol. The van der Waals surface area contributed by atoms with Gasteiger partial charge in [0, 0.05) is 24.7 Å². The molecule has 0 aliphatic rings. The van der Waals surface area contributed by atoms with Gasteiger partial charge in [0.1, 0.15) is 5.82 Å². The maximum Gasteiger partial charge on any atom is 0.253 e. The summed E-state index contributed by atoms with van der Waals surface area (Å²) in [5.41, 5.74) is 8.96. The minimum absolute atomic E-state index is 0.0157. The number of rotatable bonds is 5. The Morgan fingerprint density at radius 3 is 2.54 bits per heavy atom. The Kier molecular flexibility index (Phi) is 5.27. The predicted octanol–water partition coefficient (Wildman–Crippen LogP) is 3.60. The van der Waals surface area contributed by atoms with Crippen LogP contribution in [0.5, 0.6) is 0 Å². The Morgan fingerprint density at radius 2 is 1.85 bits per heavy atom. The Morgan fingerprint density at radius 1 is 1.08 bits per heavy atom. The van der Waals surface area contributed by atoms with Gasteiger partial charge in [-0.2, -0.15) is 0 Å². The molecule has 3 rings (SSSR count). The Labute approximate surface area is 153 Å². The standard InChI is InChI=1S/C21H22N4O/c1-15(16-7-4-3-5-8-16)14-25(2)21(26)18-10-6-9-17(11-18)19-12-24-20(22)13-23-19/h3-13,15H,14H2,1-2H3,(H2,22,24). The van der Waals surface area contributed by atoms with Crippen LogP contribution < -0.4 is 5.73 Å². The molecule has 0 spiro atoms. The second kappa shape index (κ2) is 7.78. The molecule has 0 aliphatic heterocycles. The first kappa shape index (κ1) is 17.6. The fourth-order valence-corrected chi connectivity index (χ4v) is 2.90. The molecule has 5 heteroatoms. The second-order valence-electron chi connectivity index (χ2n) is 6.40. The Bertz CT molecular complexity index is 878. The van der Waals surface area contributed by atoms with Crippen LogP contribution >= 0.6 is 0 Å². The molecule has 1 unspecified atom stereocenters. The quantitative estimate of drug-likeness (QED) is 0.766. The fourth-order valence-electron chi connectivity index (χ4n) is 2.90. The summed E-state index contributed by atoms with van der Waals surface area (Å²) in [5.74, 6) is 0.616. The number of nitrogen functional groups attached to an aromatic ring is 1. The molecule has 2 N–H and O–H groups in total. The molecule has 2 aromatic carbocycles. The largest absolute Gasteiger partial charge is 0.382 e. The molecule has 3 aromatic rings. The van der Waals surface area contributed by atoms with E-state index in [9.17, 15) is 4.79 Å². The number of carbonyl (C=O) groups is 1. The molecule has 0 bridgehead atoms. The van der Waals surface area contributed by atoms with Gasteiger partial charge < -0.3 is 10.6 Å². The van der Waals surface area contributed by atoms with Gasteiger partial charge in [0.05, 0.1) is 18.1 Å². The number of likely N-dealkylation sites (N-methyl/N-ethyl adjacent to an activating group) is 1. The number of aromatic nitrogens is 2. The van der Waals surface area contributed by atoms with Gasteiger partial charge in [-0.05, 0) is 23.6 Å². The van der Waals surface area contributed by atoms with E-state index in [1.807, 2.05) is 49.5 Å². The minimum atomic E-state index is -0.0157. The highest BCUT2D eigenvalue weighted by Gasteiger charge is 2.16. The molecule has 1 amide bonds. The van der Waals surface area contributed by atoms with Gasteiger partial charge in [0.2, 0.25) is 0 Å². The van der Waals surface area contributed by atoms with E-state index in [1.165, 1.54) is 11.8 Å². The van der Waals surface area contributed by atoms with Gasteiger partial charge >= 0.3 is 0 Å². The molecule has 1 aromatic heterocycles. The number of benzene rings is 2. The summed E-state index contributed by atoms with van der Waals surface area (Å²) in [7, 11) is 1.83. The molecular weight excluding hydrogens is 324 g/mol. The van der Waals surface area contributed by atoms with Crippen molar-refractivity contribution < 1.29 is 4.79 Å². The van der Waals surface area contributed by atoms with Gasteiger partial charge in [-0.3, -0.25) is 9.78 Å². The average molecular weight is 346 g/mol. The molecule has 0 fully saturated rings. The van der Waals surface area contributed by atoms with Gasteiger partial charge in [0.15, 0.2) is 0 Å². The van der Waals surface area contributed by atoms with Crippen molar-refractivity contribution in [2.24, 2.45) is 0 Å². The van der Waals surface area contributed by atoms with Crippen LogP contribution in [0, 0.1) is 0 Å². The van der Waals surface area contributed by atoms with E-state index in [1.54, 1.807) is 11.1 Å². The SMILES string of the molecule is CC(CN(C)C(=O)c1cccc(-c2cnc(N)cn2)c1)c1ccccc1. The summed E-state index contributed by atoms with van der Waals surface area (Å²) in [6.07, 6.45) is 3.12. The van der Waals surface area contributed by atoms with Crippen LogP contribution in [0.2, 0.25) is 0 Å². The molecule has 1 heterocycles. The third-order valence-corrected chi connectivity index (χ3v) is 4.34. The van der Waals surface area contributed by atoms with Crippen molar-refractivity contribution in [3.8, 4) is 11.3 Å². The number of carbonyl (C=O) groups excluding carboxylic acids is 1. The molecule has 132 valence electrons. The van der Waals surface area contributed by atoms with Crippen LogP contribution in [0.25, 0.3) is 11.3 Å². The third kappa shape index (κ3) is 4.06. The summed E-state index contributed by atoms with van der Waals surface area (Å²) in [6, 6.07) is 17.6. The van der Waals surface area contributed by atoms with E-state index in [2.05, 4.69) is 29.0 Å². The normalized spacial score (nSPS) is 11.8. The lowest BCUT2D eigenvalue weighted by atomic mass is 10.0. The number of anilines is 1. The maximum absolute atomic E-state index is 12.8. The van der Waals surface area contributed by atoms with E-state index in [4.69, 9.17) is 5.73 Å². The van der Waals surface area contributed by atoms with Crippen molar-refractivity contribution in [1.29, 1.82) is 0 Å². The number of hydrogen-bond acceptors (Lipinski definition) is 4. The number of amides is 1.